The number of nitrogens with one attached hydrogen (secondary N) is 1. The van der Waals surface area contributed by atoms with Gasteiger partial charge in [-0.05, 0) is 35.6 Å². The Morgan fingerprint density at radius 2 is 2.24 bits per heavy atom. The number of rotatable bonds is 3. The summed E-state index contributed by atoms with van der Waals surface area (Å²) in [5.41, 5.74) is 1.79. The average Bonchev–Trinajstić information content (AvgIpc) is 2.81. The van der Waals surface area contributed by atoms with E-state index in [0.717, 1.165) is 11.1 Å². The summed E-state index contributed by atoms with van der Waals surface area (Å²) in [4.78, 5) is 30.9. The van der Waals surface area contributed by atoms with Gasteiger partial charge in [0.05, 0.1) is 10.9 Å². The number of hydrogen-bond donors (Lipinski definition) is 2. The monoisotopic (exact) mass is 300 g/mol. The molecule has 21 heavy (non-hydrogen) atoms. The van der Waals surface area contributed by atoms with Crippen molar-refractivity contribution in [1.29, 1.82) is 0 Å². The van der Waals surface area contributed by atoms with Gasteiger partial charge in [-0.15, -0.1) is 11.3 Å². The third-order valence-corrected chi connectivity index (χ3v) is 4.21. The van der Waals surface area contributed by atoms with Crippen LogP contribution in [0.5, 0.6) is 0 Å². The Hall–Kier alpha value is -2.47. The molecule has 0 saturated carbocycles. The van der Waals surface area contributed by atoms with Gasteiger partial charge in [0.2, 0.25) is 0 Å². The molecule has 0 spiro atoms. The van der Waals surface area contributed by atoms with Crippen LogP contribution in [-0.4, -0.2) is 21.0 Å². The van der Waals surface area contributed by atoms with E-state index in [4.69, 9.17) is 5.11 Å². The molecule has 0 amide bonds. The smallest absolute Gasteiger partial charge is 0.335 e. The minimum absolute atomic E-state index is 0.150. The van der Waals surface area contributed by atoms with Crippen molar-refractivity contribution >= 4 is 27.5 Å². The Labute approximate surface area is 123 Å². The molecule has 0 saturated heterocycles. The molecule has 0 bridgehead atoms. The van der Waals surface area contributed by atoms with E-state index in [2.05, 4.69) is 9.97 Å². The first-order valence-corrected chi connectivity index (χ1v) is 7.22. The number of nitrogens with zero attached hydrogens (tertiary/aromatic N) is 1. The first-order chi connectivity index (χ1) is 10.0. The molecule has 3 rings (SSSR count). The zero-order valence-corrected chi connectivity index (χ0v) is 12.0. The summed E-state index contributed by atoms with van der Waals surface area (Å²) in [5.74, 6) is -0.431. The van der Waals surface area contributed by atoms with Crippen LogP contribution in [0.25, 0.3) is 10.2 Å². The third-order valence-electron chi connectivity index (χ3n) is 3.22. The van der Waals surface area contributed by atoms with Crippen LogP contribution in [0.1, 0.15) is 27.3 Å². The van der Waals surface area contributed by atoms with E-state index >= 15 is 0 Å². The largest absolute Gasteiger partial charge is 0.478 e. The maximum atomic E-state index is 12.1. The van der Waals surface area contributed by atoms with E-state index in [1.807, 2.05) is 18.4 Å². The second kappa shape index (κ2) is 5.14. The van der Waals surface area contributed by atoms with Crippen LogP contribution in [0.15, 0.2) is 34.4 Å². The van der Waals surface area contributed by atoms with Crippen LogP contribution >= 0.6 is 11.3 Å². The van der Waals surface area contributed by atoms with E-state index in [0.29, 0.717) is 22.5 Å². The number of aryl methyl sites for hydroxylation is 1. The predicted octanol–water partition coefficient (Wildman–Crippen LogP) is 2.58. The number of carboxylic acids is 1. The zero-order chi connectivity index (χ0) is 15.0. The molecule has 2 aromatic heterocycles. The maximum absolute atomic E-state index is 12.1. The van der Waals surface area contributed by atoms with Gasteiger partial charge in [0.1, 0.15) is 10.7 Å². The first-order valence-electron chi connectivity index (χ1n) is 6.34. The second-order valence-electron chi connectivity index (χ2n) is 4.79. The number of aromatic carboxylic acids is 1. The normalized spacial score (nSPS) is 10.9. The molecule has 2 N–H and O–H groups in total. The lowest BCUT2D eigenvalue weighted by Crippen LogP contribution is -2.12. The summed E-state index contributed by atoms with van der Waals surface area (Å²) in [6, 6.07) is 6.63. The minimum atomic E-state index is -0.970. The summed E-state index contributed by atoms with van der Waals surface area (Å²) in [5, 5.41) is 11.5. The van der Waals surface area contributed by atoms with Crippen molar-refractivity contribution in [3.8, 4) is 0 Å². The molecule has 0 atom stereocenters. The Morgan fingerprint density at radius 3 is 3.00 bits per heavy atom. The summed E-state index contributed by atoms with van der Waals surface area (Å²) >= 11 is 1.44. The highest BCUT2D eigenvalue weighted by Crippen LogP contribution is 2.20. The van der Waals surface area contributed by atoms with Gasteiger partial charge in [-0.25, -0.2) is 9.78 Å². The fourth-order valence-electron chi connectivity index (χ4n) is 2.22. The Balaban J connectivity index is 2.00. The summed E-state index contributed by atoms with van der Waals surface area (Å²) in [6.07, 6.45) is 0.392. The number of hydrogen-bond acceptors (Lipinski definition) is 4. The van der Waals surface area contributed by atoms with Gasteiger partial charge in [-0.2, -0.15) is 0 Å². The zero-order valence-electron chi connectivity index (χ0n) is 11.2. The van der Waals surface area contributed by atoms with Crippen molar-refractivity contribution in [3.63, 3.8) is 0 Å². The molecule has 5 nitrogen and oxygen atoms in total. The Morgan fingerprint density at radius 1 is 1.43 bits per heavy atom. The molecule has 0 aliphatic heterocycles. The number of fused-ring (bicyclic) bond motifs is 1. The van der Waals surface area contributed by atoms with Crippen LogP contribution < -0.4 is 5.56 Å². The number of aromatic nitrogens is 2. The van der Waals surface area contributed by atoms with E-state index in [-0.39, 0.29) is 11.1 Å². The lowest BCUT2D eigenvalue weighted by atomic mass is 10.1. The van der Waals surface area contributed by atoms with Gasteiger partial charge >= 0.3 is 5.97 Å². The number of benzene rings is 1. The fourth-order valence-corrected chi connectivity index (χ4v) is 3.17. The second-order valence-corrected chi connectivity index (χ2v) is 5.65. The van der Waals surface area contributed by atoms with Gasteiger partial charge in [-0.3, -0.25) is 4.79 Å². The summed E-state index contributed by atoms with van der Waals surface area (Å²) in [7, 11) is 0. The lowest BCUT2D eigenvalue weighted by Gasteiger charge is -2.03. The van der Waals surface area contributed by atoms with E-state index in [1.54, 1.807) is 12.1 Å². The molecule has 0 aliphatic rings. The Bertz CT molecular complexity index is 895. The molecule has 1 aromatic carbocycles. The minimum Gasteiger partial charge on any atom is -0.478 e. The van der Waals surface area contributed by atoms with Crippen LogP contribution in [-0.2, 0) is 6.42 Å². The van der Waals surface area contributed by atoms with Crippen LogP contribution in [0, 0.1) is 6.92 Å². The number of carboxylic acid groups (broad SMARTS) is 1. The number of carbonyl (C=O) groups is 1. The maximum Gasteiger partial charge on any atom is 0.335 e. The SMILES string of the molecule is Cc1csc2nc(Cc3cccc(C(=O)O)c3)[nH]c(=O)c12. The highest BCUT2D eigenvalue weighted by atomic mass is 32.1. The number of H-pyrrole nitrogens is 1. The van der Waals surface area contributed by atoms with Crippen molar-refractivity contribution in [1.82, 2.24) is 9.97 Å². The van der Waals surface area contributed by atoms with Crippen molar-refractivity contribution in [2.75, 3.05) is 0 Å². The van der Waals surface area contributed by atoms with Crippen LogP contribution in [0.3, 0.4) is 0 Å². The molecule has 0 unspecified atom stereocenters. The highest BCUT2D eigenvalue weighted by Gasteiger charge is 2.10. The molecule has 106 valence electrons. The van der Waals surface area contributed by atoms with Crippen molar-refractivity contribution in [2.45, 2.75) is 13.3 Å². The quantitative estimate of drug-likeness (QED) is 0.778. The van der Waals surface area contributed by atoms with Gasteiger partial charge < -0.3 is 10.1 Å². The topological polar surface area (TPSA) is 83.0 Å². The van der Waals surface area contributed by atoms with Gasteiger partial charge in [-0.1, -0.05) is 12.1 Å². The average molecular weight is 300 g/mol. The molecule has 2 heterocycles. The third kappa shape index (κ3) is 2.57. The molecule has 3 aromatic rings. The molecular formula is C15H12N2O3S. The molecule has 0 radical (unpaired) electrons. The lowest BCUT2D eigenvalue weighted by molar-refractivity contribution is 0.0696. The summed E-state index contributed by atoms with van der Waals surface area (Å²) < 4.78 is 0. The van der Waals surface area contributed by atoms with E-state index in [9.17, 15) is 9.59 Å². The van der Waals surface area contributed by atoms with E-state index < -0.39 is 5.97 Å². The van der Waals surface area contributed by atoms with Crippen LogP contribution in [0.4, 0.5) is 0 Å². The van der Waals surface area contributed by atoms with Crippen molar-refractivity contribution < 1.29 is 9.90 Å². The van der Waals surface area contributed by atoms with Gasteiger partial charge in [0.15, 0.2) is 0 Å². The highest BCUT2D eigenvalue weighted by molar-refractivity contribution is 7.16. The van der Waals surface area contributed by atoms with E-state index in [1.165, 1.54) is 17.4 Å². The summed E-state index contributed by atoms with van der Waals surface area (Å²) in [6.45, 7) is 1.88. The molecule has 0 fully saturated rings. The molecular weight excluding hydrogens is 288 g/mol. The van der Waals surface area contributed by atoms with Gasteiger partial charge in [0, 0.05) is 6.42 Å². The molecule has 0 aliphatic carbocycles. The number of thiophene rings is 1. The molecule has 6 heteroatoms. The standard InChI is InChI=1S/C15H12N2O3S/c1-8-7-21-14-12(8)13(18)16-11(17-14)6-9-3-2-4-10(5-9)15(19)20/h2-5,7H,6H2,1H3,(H,19,20)(H,16,17,18). The fraction of sp³-hybridized carbons (Fsp3) is 0.133. The van der Waals surface area contributed by atoms with Crippen molar-refractivity contribution in [2.24, 2.45) is 0 Å². The first kappa shape index (κ1) is 13.5. The predicted molar refractivity (Wildman–Crippen MR) is 81.2 cm³/mol. The van der Waals surface area contributed by atoms with Crippen LogP contribution in [0.2, 0.25) is 0 Å². The Kier molecular flexibility index (Phi) is 3.31. The number of aromatic amines is 1. The van der Waals surface area contributed by atoms with Gasteiger partial charge in [0.25, 0.3) is 5.56 Å². The van der Waals surface area contributed by atoms with Crippen molar-refractivity contribution in [3.05, 3.63) is 62.5 Å².